The molecule has 0 aromatic carbocycles. The number of rotatable bonds is 5. The minimum Gasteiger partial charge on any atom is -0.381 e. The van der Waals surface area contributed by atoms with Crippen LogP contribution in [0.3, 0.4) is 0 Å². The fourth-order valence-corrected chi connectivity index (χ4v) is 3.13. The van der Waals surface area contributed by atoms with Gasteiger partial charge in [-0.1, -0.05) is 11.8 Å². The molecule has 0 bridgehead atoms. The van der Waals surface area contributed by atoms with Gasteiger partial charge in [0.1, 0.15) is 5.82 Å². The number of alkyl halides is 1. The molecule has 0 aliphatic carbocycles. The lowest BCUT2D eigenvalue weighted by molar-refractivity contribution is 0.0828. The fourth-order valence-electron chi connectivity index (χ4n) is 1.98. The Bertz CT molecular complexity index is 352. The van der Waals surface area contributed by atoms with Crippen molar-refractivity contribution in [3.63, 3.8) is 0 Å². The zero-order valence-corrected chi connectivity index (χ0v) is 11.6. The summed E-state index contributed by atoms with van der Waals surface area (Å²) < 4.78 is 7.49. The van der Waals surface area contributed by atoms with Crippen LogP contribution in [0.25, 0.3) is 0 Å². The van der Waals surface area contributed by atoms with E-state index in [0.29, 0.717) is 11.8 Å². The summed E-state index contributed by atoms with van der Waals surface area (Å²) >= 11 is 7.39. The first-order valence-electron chi connectivity index (χ1n) is 5.98. The second-order valence-electron chi connectivity index (χ2n) is 4.18. The van der Waals surface area contributed by atoms with Gasteiger partial charge >= 0.3 is 0 Å². The summed E-state index contributed by atoms with van der Waals surface area (Å²) in [5.41, 5.74) is 0. The van der Waals surface area contributed by atoms with E-state index in [1.807, 2.05) is 7.05 Å². The first-order chi connectivity index (χ1) is 8.33. The molecule has 0 amide bonds. The summed E-state index contributed by atoms with van der Waals surface area (Å²) in [6.07, 6.45) is 3.11. The highest BCUT2D eigenvalue weighted by Gasteiger charge is 2.22. The third-order valence-corrected chi connectivity index (χ3v) is 4.34. The third-order valence-electron chi connectivity index (χ3n) is 2.96. The largest absolute Gasteiger partial charge is 0.381 e. The van der Waals surface area contributed by atoms with Crippen LogP contribution in [0.15, 0.2) is 5.16 Å². The molecule has 17 heavy (non-hydrogen) atoms. The molecule has 0 unspecified atom stereocenters. The quantitative estimate of drug-likeness (QED) is 0.470. The van der Waals surface area contributed by atoms with E-state index in [2.05, 4.69) is 14.8 Å². The Balaban J connectivity index is 1.98. The lowest BCUT2D eigenvalue weighted by Crippen LogP contribution is -2.17. The molecule has 1 saturated heterocycles. The Labute approximate surface area is 111 Å². The van der Waals surface area contributed by atoms with E-state index in [-0.39, 0.29) is 0 Å². The Morgan fingerprint density at radius 1 is 1.41 bits per heavy atom. The second-order valence-corrected chi connectivity index (χ2v) is 5.62. The van der Waals surface area contributed by atoms with Crippen LogP contribution in [0.2, 0.25) is 0 Å². The van der Waals surface area contributed by atoms with Gasteiger partial charge in [0.05, 0.1) is 0 Å². The average molecular weight is 276 g/mol. The zero-order chi connectivity index (χ0) is 12.1. The lowest BCUT2D eigenvalue weighted by Gasteiger charge is -2.21. The van der Waals surface area contributed by atoms with Gasteiger partial charge in [-0.25, -0.2) is 0 Å². The molecule has 1 aromatic heterocycles. The number of halogens is 1. The number of hydrogen-bond acceptors (Lipinski definition) is 4. The highest BCUT2D eigenvalue weighted by Crippen LogP contribution is 2.27. The molecule has 0 spiro atoms. The van der Waals surface area contributed by atoms with Crippen molar-refractivity contribution in [2.24, 2.45) is 7.05 Å². The monoisotopic (exact) mass is 275 g/mol. The smallest absolute Gasteiger partial charge is 0.190 e. The summed E-state index contributed by atoms with van der Waals surface area (Å²) in [5, 5.41) is 9.57. The minimum absolute atomic E-state index is 0.503. The van der Waals surface area contributed by atoms with Crippen molar-refractivity contribution in [3.8, 4) is 0 Å². The van der Waals surface area contributed by atoms with Crippen LogP contribution in [-0.2, 0) is 11.8 Å². The predicted octanol–water partition coefficient (Wildman–Crippen LogP) is 2.43. The van der Waals surface area contributed by atoms with E-state index in [9.17, 15) is 0 Å². The summed E-state index contributed by atoms with van der Waals surface area (Å²) in [6.45, 7) is 1.68. The predicted molar refractivity (Wildman–Crippen MR) is 69.9 cm³/mol. The second kappa shape index (κ2) is 6.61. The molecule has 0 saturated carbocycles. The number of hydrogen-bond donors (Lipinski definition) is 0. The van der Waals surface area contributed by atoms with Gasteiger partial charge in [0.25, 0.3) is 0 Å². The molecule has 1 aliphatic heterocycles. The summed E-state index contributed by atoms with van der Waals surface area (Å²) in [4.78, 5) is 0. The molecule has 1 aliphatic rings. The molecular formula is C11H18ClN3OS. The van der Waals surface area contributed by atoms with Gasteiger partial charge in [0.15, 0.2) is 5.16 Å². The van der Waals surface area contributed by atoms with Gasteiger partial charge in [-0.3, -0.25) is 0 Å². The lowest BCUT2D eigenvalue weighted by atomic mass is 10.00. The maximum Gasteiger partial charge on any atom is 0.190 e. The summed E-state index contributed by atoms with van der Waals surface area (Å²) in [5.74, 6) is 3.31. The molecule has 0 radical (unpaired) electrons. The number of ether oxygens (including phenoxy) is 1. The van der Waals surface area contributed by atoms with Gasteiger partial charge in [-0.2, -0.15) is 0 Å². The molecule has 96 valence electrons. The van der Waals surface area contributed by atoms with E-state index in [1.54, 1.807) is 11.8 Å². The standard InChI is InChI=1S/C11H18ClN3OS/c1-15-10(9-3-6-16-7-4-9)13-14-11(15)17-8-2-5-12/h9H,2-8H2,1H3. The van der Waals surface area contributed by atoms with Crippen LogP contribution in [0.1, 0.15) is 31.0 Å². The van der Waals surface area contributed by atoms with Crippen LogP contribution in [0.4, 0.5) is 0 Å². The molecule has 1 aromatic rings. The highest BCUT2D eigenvalue weighted by atomic mass is 35.5. The van der Waals surface area contributed by atoms with Crippen molar-refractivity contribution < 1.29 is 4.74 Å². The van der Waals surface area contributed by atoms with Gasteiger partial charge in [0.2, 0.25) is 0 Å². The van der Waals surface area contributed by atoms with Crippen molar-refractivity contribution in [1.82, 2.24) is 14.8 Å². The minimum atomic E-state index is 0.503. The molecule has 0 atom stereocenters. The summed E-state index contributed by atoms with van der Waals surface area (Å²) in [7, 11) is 2.05. The number of nitrogens with zero attached hydrogens (tertiary/aromatic N) is 3. The van der Waals surface area contributed by atoms with E-state index in [1.165, 1.54) is 0 Å². The van der Waals surface area contributed by atoms with Gasteiger partial charge in [0, 0.05) is 37.8 Å². The third kappa shape index (κ3) is 3.36. The molecule has 0 N–H and O–H groups in total. The van der Waals surface area contributed by atoms with E-state index in [4.69, 9.17) is 16.3 Å². The van der Waals surface area contributed by atoms with Crippen molar-refractivity contribution in [3.05, 3.63) is 5.82 Å². The number of thioether (sulfide) groups is 1. The van der Waals surface area contributed by atoms with Gasteiger partial charge in [-0.05, 0) is 19.3 Å². The Morgan fingerprint density at radius 3 is 2.88 bits per heavy atom. The summed E-state index contributed by atoms with van der Waals surface area (Å²) in [6, 6.07) is 0. The van der Waals surface area contributed by atoms with Crippen LogP contribution >= 0.6 is 23.4 Å². The molecular weight excluding hydrogens is 258 g/mol. The van der Waals surface area contributed by atoms with Crippen molar-refractivity contribution in [1.29, 1.82) is 0 Å². The van der Waals surface area contributed by atoms with Crippen LogP contribution in [0, 0.1) is 0 Å². The maximum absolute atomic E-state index is 5.66. The van der Waals surface area contributed by atoms with Crippen LogP contribution < -0.4 is 0 Å². The van der Waals surface area contributed by atoms with E-state index in [0.717, 1.165) is 49.2 Å². The molecule has 2 heterocycles. The molecule has 2 rings (SSSR count). The molecule has 4 nitrogen and oxygen atoms in total. The molecule has 6 heteroatoms. The van der Waals surface area contributed by atoms with Crippen LogP contribution in [-0.4, -0.2) is 39.6 Å². The van der Waals surface area contributed by atoms with E-state index >= 15 is 0 Å². The van der Waals surface area contributed by atoms with E-state index < -0.39 is 0 Å². The molecule has 1 fully saturated rings. The Morgan fingerprint density at radius 2 is 2.18 bits per heavy atom. The first kappa shape index (κ1) is 13.2. The Hall–Kier alpha value is -0.260. The number of aromatic nitrogens is 3. The zero-order valence-electron chi connectivity index (χ0n) is 10.1. The normalized spacial score (nSPS) is 17.5. The van der Waals surface area contributed by atoms with Crippen molar-refractivity contribution in [2.75, 3.05) is 24.8 Å². The van der Waals surface area contributed by atoms with Crippen molar-refractivity contribution >= 4 is 23.4 Å². The SMILES string of the molecule is Cn1c(SCCCCl)nnc1C1CCOCC1. The topological polar surface area (TPSA) is 39.9 Å². The van der Waals surface area contributed by atoms with Crippen LogP contribution in [0.5, 0.6) is 0 Å². The maximum atomic E-state index is 5.66. The van der Waals surface area contributed by atoms with Gasteiger partial charge in [-0.15, -0.1) is 21.8 Å². The highest BCUT2D eigenvalue weighted by molar-refractivity contribution is 7.99. The van der Waals surface area contributed by atoms with Gasteiger partial charge < -0.3 is 9.30 Å². The first-order valence-corrected chi connectivity index (χ1v) is 7.50. The fraction of sp³-hybridized carbons (Fsp3) is 0.818. The Kier molecular flexibility index (Phi) is 5.13. The average Bonchev–Trinajstić information content (AvgIpc) is 2.73. The van der Waals surface area contributed by atoms with Crippen molar-refractivity contribution in [2.45, 2.75) is 30.3 Å².